The summed E-state index contributed by atoms with van der Waals surface area (Å²) < 4.78 is 17.4. The number of halogens is 2. The molecule has 0 fully saturated rings. The molecule has 1 rings (SSSR count). The van der Waals surface area contributed by atoms with Crippen molar-refractivity contribution in [3.63, 3.8) is 0 Å². The molecule has 1 heterocycles. The van der Waals surface area contributed by atoms with Crippen LogP contribution in [0.5, 0.6) is 5.75 Å². The molecule has 1 aromatic rings. The van der Waals surface area contributed by atoms with Crippen LogP contribution in [0.1, 0.15) is 5.56 Å². The van der Waals surface area contributed by atoms with E-state index in [1.54, 1.807) is 6.07 Å². The lowest BCUT2D eigenvalue weighted by Crippen LogP contribution is -1.92. The molecule has 0 radical (unpaired) electrons. The van der Waals surface area contributed by atoms with Crippen molar-refractivity contribution in [2.45, 2.75) is 5.33 Å². The van der Waals surface area contributed by atoms with Gasteiger partial charge in [0.1, 0.15) is 0 Å². The maximum atomic E-state index is 12.7. The minimum Gasteiger partial charge on any atom is -0.492 e. The van der Waals surface area contributed by atoms with Crippen molar-refractivity contribution < 1.29 is 9.13 Å². The molecule has 0 aromatic carbocycles. The van der Waals surface area contributed by atoms with Gasteiger partial charge in [-0.25, -0.2) is 4.98 Å². The fourth-order valence-corrected chi connectivity index (χ4v) is 0.991. The zero-order valence-corrected chi connectivity index (χ0v) is 7.56. The van der Waals surface area contributed by atoms with Crippen molar-refractivity contribution in [3.8, 4) is 5.75 Å². The van der Waals surface area contributed by atoms with E-state index in [0.717, 1.165) is 5.56 Å². The Labute approximate surface area is 72.5 Å². The Balaban J connectivity index is 3.02. The van der Waals surface area contributed by atoms with Crippen molar-refractivity contribution in [2.75, 3.05) is 7.11 Å². The van der Waals surface area contributed by atoms with Gasteiger partial charge in [-0.3, -0.25) is 0 Å². The first-order chi connectivity index (χ1) is 5.27. The number of ether oxygens (including phenoxy) is 1. The average Bonchev–Trinajstić information content (AvgIpc) is 2.05. The highest BCUT2D eigenvalue weighted by Gasteiger charge is 2.03. The quantitative estimate of drug-likeness (QED) is 0.562. The standard InChI is InChI=1S/C7H7BrFNO/c1-11-6-2-5(3-8)4-10-7(6)9/h2,4H,3H2,1H3. The van der Waals surface area contributed by atoms with Crippen LogP contribution in [-0.4, -0.2) is 12.1 Å². The Bertz CT molecular complexity index is 254. The lowest BCUT2D eigenvalue weighted by Gasteiger charge is -2.01. The molecule has 0 bridgehead atoms. The van der Waals surface area contributed by atoms with Gasteiger partial charge in [-0.2, -0.15) is 4.39 Å². The van der Waals surface area contributed by atoms with Crippen LogP contribution in [0.15, 0.2) is 12.3 Å². The largest absolute Gasteiger partial charge is 0.492 e. The van der Waals surface area contributed by atoms with Gasteiger partial charge in [0, 0.05) is 11.5 Å². The zero-order valence-electron chi connectivity index (χ0n) is 5.97. The highest BCUT2D eigenvalue weighted by molar-refractivity contribution is 9.08. The molecule has 2 nitrogen and oxygen atoms in total. The fourth-order valence-electron chi connectivity index (χ4n) is 0.685. The van der Waals surface area contributed by atoms with Crippen LogP contribution < -0.4 is 4.74 Å². The fraction of sp³-hybridized carbons (Fsp3) is 0.286. The molecule has 11 heavy (non-hydrogen) atoms. The second kappa shape index (κ2) is 3.67. The van der Waals surface area contributed by atoms with Gasteiger partial charge >= 0.3 is 0 Å². The first-order valence-electron chi connectivity index (χ1n) is 3.02. The number of rotatable bonds is 2. The summed E-state index contributed by atoms with van der Waals surface area (Å²) in [6, 6.07) is 1.61. The predicted molar refractivity (Wildman–Crippen MR) is 43.4 cm³/mol. The predicted octanol–water partition coefficient (Wildman–Crippen LogP) is 2.12. The van der Waals surface area contributed by atoms with E-state index < -0.39 is 5.95 Å². The van der Waals surface area contributed by atoms with Crippen molar-refractivity contribution in [3.05, 3.63) is 23.8 Å². The summed E-state index contributed by atoms with van der Waals surface area (Å²) in [5.41, 5.74) is 0.892. The van der Waals surface area contributed by atoms with E-state index in [9.17, 15) is 4.39 Å². The lowest BCUT2D eigenvalue weighted by molar-refractivity contribution is 0.377. The second-order valence-electron chi connectivity index (χ2n) is 1.97. The van der Waals surface area contributed by atoms with Crippen LogP contribution in [0, 0.1) is 5.95 Å². The van der Waals surface area contributed by atoms with E-state index in [2.05, 4.69) is 20.9 Å². The molecule has 0 saturated carbocycles. The first-order valence-corrected chi connectivity index (χ1v) is 4.14. The summed E-state index contributed by atoms with van der Waals surface area (Å²) in [7, 11) is 1.41. The highest BCUT2D eigenvalue weighted by atomic mass is 79.9. The molecule has 4 heteroatoms. The molecule has 1 aromatic heterocycles. The molecule has 0 atom stereocenters. The Hall–Kier alpha value is -0.640. The van der Waals surface area contributed by atoms with Gasteiger partial charge in [0.15, 0.2) is 5.75 Å². The summed E-state index contributed by atoms with van der Waals surface area (Å²) in [4.78, 5) is 3.50. The number of nitrogens with zero attached hydrogens (tertiary/aromatic N) is 1. The lowest BCUT2D eigenvalue weighted by atomic mass is 10.3. The van der Waals surface area contributed by atoms with Gasteiger partial charge < -0.3 is 4.74 Å². The molecule has 0 aliphatic heterocycles. The topological polar surface area (TPSA) is 22.1 Å². The smallest absolute Gasteiger partial charge is 0.255 e. The average molecular weight is 220 g/mol. The SMILES string of the molecule is COc1cc(CBr)cnc1F. The molecule has 0 unspecified atom stereocenters. The number of pyridine rings is 1. The summed E-state index contributed by atoms with van der Waals surface area (Å²) in [5.74, 6) is -0.390. The van der Waals surface area contributed by atoms with E-state index >= 15 is 0 Å². The molecular weight excluding hydrogens is 213 g/mol. The third-order valence-electron chi connectivity index (χ3n) is 1.24. The van der Waals surface area contributed by atoms with E-state index in [1.807, 2.05) is 0 Å². The minimum absolute atomic E-state index is 0.182. The van der Waals surface area contributed by atoms with E-state index in [-0.39, 0.29) is 5.75 Å². The highest BCUT2D eigenvalue weighted by Crippen LogP contribution is 2.16. The number of methoxy groups -OCH3 is 1. The summed E-state index contributed by atoms with van der Waals surface area (Å²) in [5, 5.41) is 0.649. The Morgan fingerprint density at radius 3 is 3.00 bits per heavy atom. The van der Waals surface area contributed by atoms with Crippen LogP contribution in [-0.2, 0) is 5.33 Å². The number of hydrogen-bond donors (Lipinski definition) is 0. The minimum atomic E-state index is -0.572. The summed E-state index contributed by atoms with van der Waals surface area (Å²) in [6.07, 6.45) is 1.46. The van der Waals surface area contributed by atoms with Gasteiger partial charge in [0.2, 0.25) is 0 Å². The van der Waals surface area contributed by atoms with Crippen LogP contribution in [0.25, 0.3) is 0 Å². The first kappa shape index (κ1) is 8.46. The molecule has 0 spiro atoms. The maximum Gasteiger partial charge on any atom is 0.255 e. The van der Waals surface area contributed by atoms with Gasteiger partial charge in [0.05, 0.1) is 7.11 Å². The Morgan fingerprint density at radius 2 is 2.45 bits per heavy atom. The van der Waals surface area contributed by atoms with Gasteiger partial charge in [-0.05, 0) is 11.6 Å². The van der Waals surface area contributed by atoms with Crippen molar-refractivity contribution in [1.82, 2.24) is 4.98 Å². The van der Waals surface area contributed by atoms with E-state index in [0.29, 0.717) is 5.33 Å². The molecule has 0 N–H and O–H groups in total. The Morgan fingerprint density at radius 1 is 1.73 bits per heavy atom. The van der Waals surface area contributed by atoms with Crippen LogP contribution >= 0.6 is 15.9 Å². The number of hydrogen-bond acceptors (Lipinski definition) is 2. The van der Waals surface area contributed by atoms with Gasteiger partial charge in [0.25, 0.3) is 5.95 Å². The van der Waals surface area contributed by atoms with Crippen LogP contribution in [0.2, 0.25) is 0 Å². The van der Waals surface area contributed by atoms with Crippen LogP contribution in [0.3, 0.4) is 0 Å². The van der Waals surface area contributed by atoms with E-state index in [1.165, 1.54) is 13.3 Å². The molecular formula is C7H7BrFNO. The molecule has 0 amide bonds. The second-order valence-corrected chi connectivity index (χ2v) is 2.53. The molecule has 60 valence electrons. The summed E-state index contributed by atoms with van der Waals surface area (Å²) >= 11 is 3.23. The van der Waals surface area contributed by atoms with Gasteiger partial charge in [-0.15, -0.1) is 0 Å². The molecule has 0 aliphatic rings. The number of aromatic nitrogens is 1. The molecule has 0 saturated heterocycles. The third kappa shape index (κ3) is 1.89. The zero-order chi connectivity index (χ0) is 8.27. The van der Waals surface area contributed by atoms with Crippen molar-refractivity contribution in [1.29, 1.82) is 0 Å². The van der Waals surface area contributed by atoms with Gasteiger partial charge in [-0.1, -0.05) is 15.9 Å². The van der Waals surface area contributed by atoms with E-state index in [4.69, 9.17) is 4.74 Å². The monoisotopic (exact) mass is 219 g/mol. The van der Waals surface area contributed by atoms with Crippen molar-refractivity contribution in [2.24, 2.45) is 0 Å². The number of alkyl halides is 1. The Kier molecular flexibility index (Phi) is 2.82. The third-order valence-corrected chi connectivity index (χ3v) is 1.89. The maximum absolute atomic E-state index is 12.7. The normalized spacial score (nSPS) is 9.73. The van der Waals surface area contributed by atoms with Crippen LogP contribution in [0.4, 0.5) is 4.39 Å². The summed E-state index contributed by atoms with van der Waals surface area (Å²) in [6.45, 7) is 0. The van der Waals surface area contributed by atoms with Crippen molar-refractivity contribution >= 4 is 15.9 Å². The molecule has 0 aliphatic carbocycles.